The molecule has 0 saturated carbocycles. The molecule has 0 atom stereocenters. The molecular formula is C21H36. The second-order valence-corrected chi connectivity index (χ2v) is 6.44. The van der Waals surface area contributed by atoms with Crippen LogP contribution < -0.4 is 0 Å². The van der Waals surface area contributed by atoms with Gasteiger partial charge >= 0.3 is 0 Å². The molecule has 0 aliphatic rings. The smallest absolute Gasteiger partial charge is 0.0288 e. The van der Waals surface area contributed by atoms with Crippen LogP contribution in [0.1, 0.15) is 86.5 Å². The second-order valence-electron chi connectivity index (χ2n) is 6.44. The molecule has 0 N–H and O–H groups in total. The van der Waals surface area contributed by atoms with Gasteiger partial charge in [0.1, 0.15) is 0 Å². The standard InChI is InChI=1S/C21H36/c1-7-19(4)13-8-9-14-20(5)16-11-17-21(6)15-10-12-18(2)3/h12-14,17H,7-11,15-16H2,1-6H3/b19-13+,20-14+,21-17+. The Morgan fingerprint density at radius 3 is 1.48 bits per heavy atom. The third-order valence-corrected chi connectivity index (χ3v) is 3.83. The van der Waals surface area contributed by atoms with E-state index in [-0.39, 0.29) is 0 Å². The maximum atomic E-state index is 2.41. The average Bonchev–Trinajstić information content (AvgIpc) is 2.42. The highest BCUT2D eigenvalue weighted by atomic mass is 14.0. The molecule has 0 radical (unpaired) electrons. The fraction of sp³-hybridized carbons (Fsp3) is 0.619. The summed E-state index contributed by atoms with van der Waals surface area (Å²) in [5.74, 6) is 0. The van der Waals surface area contributed by atoms with E-state index in [0.29, 0.717) is 0 Å². The third kappa shape index (κ3) is 13.7. The molecule has 21 heavy (non-hydrogen) atoms. The molecule has 0 aliphatic heterocycles. The Morgan fingerprint density at radius 1 is 0.571 bits per heavy atom. The first kappa shape index (κ1) is 20.0. The van der Waals surface area contributed by atoms with Crippen molar-refractivity contribution in [2.24, 2.45) is 0 Å². The largest absolute Gasteiger partial charge is 0.0856 e. The van der Waals surface area contributed by atoms with E-state index in [2.05, 4.69) is 65.8 Å². The molecule has 0 heteroatoms. The van der Waals surface area contributed by atoms with Crippen LogP contribution in [0.25, 0.3) is 0 Å². The third-order valence-electron chi connectivity index (χ3n) is 3.83. The molecule has 0 aromatic rings. The lowest BCUT2D eigenvalue weighted by Gasteiger charge is -2.01. The van der Waals surface area contributed by atoms with Gasteiger partial charge in [0, 0.05) is 0 Å². The van der Waals surface area contributed by atoms with Gasteiger partial charge in [0.2, 0.25) is 0 Å². The van der Waals surface area contributed by atoms with Gasteiger partial charge < -0.3 is 0 Å². The van der Waals surface area contributed by atoms with Crippen molar-refractivity contribution < 1.29 is 0 Å². The molecule has 0 saturated heterocycles. The van der Waals surface area contributed by atoms with Crippen molar-refractivity contribution in [3.05, 3.63) is 46.6 Å². The van der Waals surface area contributed by atoms with Crippen LogP contribution in [0.4, 0.5) is 0 Å². The van der Waals surface area contributed by atoms with Crippen LogP contribution in [0.5, 0.6) is 0 Å². The van der Waals surface area contributed by atoms with Crippen molar-refractivity contribution in [3.63, 3.8) is 0 Å². The summed E-state index contributed by atoms with van der Waals surface area (Å²) in [5, 5.41) is 0. The van der Waals surface area contributed by atoms with E-state index in [4.69, 9.17) is 0 Å². The van der Waals surface area contributed by atoms with Crippen LogP contribution in [0.2, 0.25) is 0 Å². The minimum atomic E-state index is 1.18. The van der Waals surface area contributed by atoms with Gasteiger partial charge in [0.15, 0.2) is 0 Å². The Kier molecular flexibility index (Phi) is 12.1. The van der Waals surface area contributed by atoms with Gasteiger partial charge in [-0.15, -0.1) is 0 Å². The van der Waals surface area contributed by atoms with Gasteiger partial charge in [-0.2, -0.15) is 0 Å². The molecule has 0 fully saturated rings. The lowest BCUT2D eigenvalue weighted by molar-refractivity contribution is 0.905. The SMILES string of the molecule is CC/C(C)=C/CC/C=C(\C)CC/C=C(\C)CCC=C(C)C. The quantitative estimate of drug-likeness (QED) is 0.287. The topological polar surface area (TPSA) is 0 Å². The van der Waals surface area contributed by atoms with E-state index in [9.17, 15) is 0 Å². The van der Waals surface area contributed by atoms with Crippen LogP contribution in [-0.4, -0.2) is 0 Å². The predicted octanol–water partition coefficient (Wildman–Crippen LogP) is 7.54. The molecule has 0 aliphatic carbocycles. The van der Waals surface area contributed by atoms with E-state index in [1.54, 1.807) is 0 Å². The Bertz CT molecular complexity index is 384. The van der Waals surface area contributed by atoms with E-state index in [1.165, 1.54) is 67.2 Å². The minimum absolute atomic E-state index is 1.18. The molecule has 0 amide bonds. The van der Waals surface area contributed by atoms with E-state index in [1.807, 2.05) is 0 Å². The number of hydrogen-bond donors (Lipinski definition) is 0. The van der Waals surface area contributed by atoms with Crippen molar-refractivity contribution in [1.82, 2.24) is 0 Å². The summed E-state index contributed by atoms with van der Waals surface area (Å²) in [6, 6.07) is 0. The molecule has 0 nitrogen and oxygen atoms in total. The first-order chi connectivity index (χ1) is 9.95. The summed E-state index contributed by atoms with van der Waals surface area (Å²) in [6.07, 6.45) is 17.9. The highest BCUT2D eigenvalue weighted by Gasteiger charge is 1.92. The van der Waals surface area contributed by atoms with E-state index >= 15 is 0 Å². The molecule has 0 aromatic heterocycles. The van der Waals surface area contributed by atoms with Crippen LogP contribution in [0.3, 0.4) is 0 Å². The summed E-state index contributed by atoms with van der Waals surface area (Å²) in [7, 11) is 0. The van der Waals surface area contributed by atoms with Gasteiger partial charge in [0.05, 0.1) is 0 Å². The lowest BCUT2D eigenvalue weighted by atomic mass is 10.1. The predicted molar refractivity (Wildman–Crippen MR) is 98.7 cm³/mol. The van der Waals surface area contributed by atoms with Crippen LogP contribution in [0.15, 0.2) is 46.6 Å². The first-order valence-corrected chi connectivity index (χ1v) is 8.56. The highest BCUT2D eigenvalue weighted by molar-refractivity contribution is 5.06. The van der Waals surface area contributed by atoms with Crippen LogP contribution in [-0.2, 0) is 0 Å². The average molecular weight is 289 g/mol. The zero-order chi connectivity index (χ0) is 16.1. The van der Waals surface area contributed by atoms with Crippen molar-refractivity contribution in [2.45, 2.75) is 86.5 Å². The Labute approximate surface area is 133 Å². The van der Waals surface area contributed by atoms with Crippen LogP contribution in [0, 0.1) is 0 Å². The summed E-state index contributed by atoms with van der Waals surface area (Å²) < 4.78 is 0. The molecular weight excluding hydrogens is 252 g/mol. The molecule has 0 rings (SSSR count). The van der Waals surface area contributed by atoms with Gasteiger partial charge in [-0.25, -0.2) is 0 Å². The van der Waals surface area contributed by atoms with Crippen molar-refractivity contribution >= 4 is 0 Å². The molecule has 0 spiro atoms. The summed E-state index contributed by atoms with van der Waals surface area (Å²) in [6.45, 7) is 13.3. The van der Waals surface area contributed by atoms with E-state index in [0.717, 1.165) is 0 Å². The zero-order valence-corrected chi connectivity index (χ0v) is 15.3. The van der Waals surface area contributed by atoms with Gasteiger partial charge in [-0.05, 0) is 79.6 Å². The lowest BCUT2D eigenvalue weighted by Crippen LogP contribution is -1.81. The van der Waals surface area contributed by atoms with E-state index < -0.39 is 0 Å². The minimum Gasteiger partial charge on any atom is -0.0856 e. The number of hydrogen-bond acceptors (Lipinski definition) is 0. The summed E-state index contributed by atoms with van der Waals surface area (Å²) in [4.78, 5) is 0. The summed E-state index contributed by atoms with van der Waals surface area (Å²) >= 11 is 0. The molecule has 0 unspecified atom stereocenters. The number of allylic oxidation sites excluding steroid dienone is 8. The molecule has 0 aromatic carbocycles. The number of rotatable bonds is 10. The maximum Gasteiger partial charge on any atom is -0.0288 e. The molecule has 0 bridgehead atoms. The molecule has 0 heterocycles. The fourth-order valence-corrected chi connectivity index (χ4v) is 2.14. The van der Waals surface area contributed by atoms with Crippen molar-refractivity contribution in [2.75, 3.05) is 0 Å². The van der Waals surface area contributed by atoms with Crippen LogP contribution >= 0.6 is 0 Å². The normalized spacial score (nSPS) is 13.5. The fourth-order valence-electron chi connectivity index (χ4n) is 2.14. The Balaban J connectivity index is 3.91. The van der Waals surface area contributed by atoms with Gasteiger partial charge in [-0.3, -0.25) is 0 Å². The Morgan fingerprint density at radius 2 is 1.00 bits per heavy atom. The molecule has 120 valence electrons. The Hall–Kier alpha value is -1.04. The monoisotopic (exact) mass is 288 g/mol. The first-order valence-electron chi connectivity index (χ1n) is 8.56. The second kappa shape index (κ2) is 12.7. The maximum absolute atomic E-state index is 2.41. The summed E-state index contributed by atoms with van der Waals surface area (Å²) in [5.41, 5.74) is 6.00. The van der Waals surface area contributed by atoms with Gasteiger partial charge in [0.25, 0.3) is 0 Å². The van der Waals surface area contributed by atoms with Crippen molar-refractivity contribution in [3.8, 4) is 0 Å². The highest BCUT2D eigenvalue weighted by Crippen LogP contribution is 2.12. The van der Waals surface area contributed by atoms with Crippen molar-refractivity contribution in [1.29, 1.82) is 0 Å². The number of unbranched alkanes of at least 4 members (excludes halogenated alkanes) is 1. The zero-order valence-electron chi connectivity index (χ0n) is 15.3. The van der Waals surface area contributed by atoms with Gasteiger partial charge in [-0.1, -0.05) is 53.5 Å².